The summed E-state index contributed by atoms with van der Waals surface area (Å²) in [4.78, 5) is 24.5. The van der Waals surface area contributed by atoms with E-state index in [1.165, 1.54) is 6.92 Å². The Morgan fingerprint density at radius 3 is 2.76 bits per heavy atom. The summed E-state index contributed by atoms with van der Waals surface area (Å²) in [6.45, 7) is 4.90. The normalized spacial score (nSPS) is 30.2. The molecule has 2 aliphatic rings. The Balaban J connectivity index is 2.15. The second-order valence-electron chi connectivity index (χ2n) is 4.67. The van der Waals surface area contributed by atoms with Gasteiger partial charge in [0.15, 0.2) is 6.61 Å². The van der Waals surface area contributed by atoms with Gasteiger partial charge in [-0.25, -0.2) is 4.79 Å². The molecule has 0 bridgehead atoms. The molecule has 0 aliphatic carbocycles. The number of cyclic esters (lactones) is 1. The molecule has 6 heteroatoms. The van der Waals surface area contributed by atoms with E-state index < -0.39 is 11.7 Å². The van der Waals surface area contributed by atoms with E-state index in [0.717, 1.165) is 25.9 Å². The van der Waals surface area contributed by atoms with Gasteiger partial charge in [0.05, 0.1) is 0 Å². The number of esters is 1. The number of nitrogens with zero attached hydrogens (tertiary/aromatic N) is 1. The number of ether oxygens (including phenoxy) is 2. The Morgan fingerprint density at radius 2 is 2.18 bits per heavy atom. The molecule has 17 heavy (non-hydrogen) atoms. The smallest absolute Gasteiger partial charge is 0.413 e. The number of hydrogen-bond acceptors (Lipinski definition) is 5. The second kappa shape index (κ2) is 4.52. The van der Waals surface area contributed by atoms with Gasteiger partial charge in [0.2, 0.25) is 5.72 Å². The van der Waals surface area contributed by atoms with E-state index in [-0.39, 0.29) is 18.7 Å². The van der Waals surface area contributed by atoms with E-state index >= 15 is 0 Å². The minimum atomic E-state index is -0.953. The summed E-state index contributed by atoms with van der Waals surface area (Å²) >= 11 is 0. The summed E-state index contributed by atoms with van der Waals surface area (Å²) in [5.74, 6) is -0.398. The van der Waals surface area contributed by atoms with Gasteiger partial charge in [0.25, 0.3) is 0 Å². The molecule has 0 unspecified atom stereocenters. The van der Waals surface area contributed by atoms with Crippen LogP contribution in [-0.2, 0) is 14.3 Å². The van der Waals surface area contributed by atoms with Crippen LogP contribution in [0.15, 0.2) is 0 Å². The van der Waals surface area contributed by atoms with Gasteiger partial charge in [-0.15, -0.1) is 0 Å². The maximum atomic E-state index is 11.8. The molecule has 2 aliphatic heterocycles. The monoisotopic (exact) mass is 242 g/mol. The van der Waals surface area contributed by atoms with Gasteiger partial charge in [-0.1, -0.05) is 0 Å². The zero-order valence-corrected chi connectivity index (χ0v) is 10.2. The lowest BCUT2D eigenvalue weighted by molar-refractivity contribution is -0.171. The largest absolute Gasteiger partial charge is 0.443 e. The lowest BCUT2D eigenvalue weighted by Crippen LogP contribution is -2.55. The molecule has 96 valence electrons. The molecule has 1 N–H and O–H groups in total. The number of rotatable bonds is 2. The number of carbonyl (C=O) groups excluding carboxylic acids is 2. The van der Waals surface area contributed by atoms with Crippen molar-refractivity contribution < 1.29 is 19.1 Å². The van der Waals surface area contributed by atoms with Crippen LogP contribution in [0.25, 0.3) is 0 Å². The summed E-state index contributed by atoms with van der Waals surface area (Å²) < 4.78 is 10.3. The molecule has 1 atom stereocenters. The minimum Gasteiger partial charge on any atom is -0.443 e. The van der Waals surface area contributed by atoms with E-state index in [4.69, 9.17) is 9.47 Å². The van der Waals surface area contributed by atoms with E-state index in [9.17, 15) is 9.59 Å². The molecule has 2 rings (SSSR count). The number of carbonyl (C=O) groups is 2. The van der Waals surface area contributed by atoms with E-state index in [1.54, 1.807) is 11.8 Å². The number of nitrogens with one attached hydrogen (secondary N) is 1. The third-order valence-corrected chi connectivity index (χ3v) is 3.21. The van der Waals surface area contributed by atoms with Crippen molar-refractivity contribution >= 4 is 12.1 Å². The maximum Gasteiger partial charge on any atom is 0.413 e. The van der Waals surface area contributed by atoms with E-state index in [2.05, 4.69) is 5.32 Å². The molecule has 0 aromatic heterocycles. The third-order valence-electron chi connectivity index (χ3n) is 3.21. The van der Waals surface area contributed by atoms with Crippen LogP contribution in [0.3, 0.4) is 0 Å². The Kier molecular flexibility index (Phi) is 3.24. The summed E-state index contributed by atoms with van der Waals surface area (Å²) in [6.07, 6.45) is 1.32. The van der Waals surface area contributed by atoms with Crippen LogP contribution >= 0.6 is 0 Å². The molecule has 0 radical (unpaired) electrons. The average Bonchev–Trinajstić information content (AvgIpc) is 2.54. The standard InChI is InChI=1S/C11H18N2O4/c1-8(14)17-11(2)7-16-10(15)13(11)9-3-5-12-6-4-9/h9,12H,3-7H2,1-2H3/t11-/m1/s1. The summed E-state index contributed by atoms with van der Waals surface area (Å²) in [7, 11) is 0. The van der Waals surface area contributed by atoms with Crippen molar-refractivity contribution in [1.29, 1.82) is 0 Å². The quantitative estimate of drug-likeness (QED) is 0.713. The Labute approximate surface area is 100 Å². The highest BCUT2D eigenvalue weighted by Gasteiger charge is 2.50. The SMILES string of the molecule is CC(=O)O[C@]1(C)COC(=O)N1C1CCNCC1. The maximum absolute atomic E-state index is 11.8. The highest BCUT2D eigenvalue weighted by molar-refractivity contribution is 5.73. The van der Waals surface area contributed by atoms with Gasteiger partial charge >= 0.3 is 12.1 Å². The fourth-order valence-corrected chi connectivity index (χ4v) is 2.52. The van der Waals surface area contributed by atoms with Crippen LogP contribution in [0.2, 0.25) is 0 Å². The number of amides is 1. The summed E-state index contributed by atoms with van der Waals surface area (Å²) in [5.41, 5.74) is -0.953. The van der Waals surface area contributed by atoms with Crippen LogP contribution in [0.4, 0.5) is 4.79 Å². The Morgan fingerprint density at radius 1 is 1.53 bits per heavy atom. The molecule has 2 heterocycles. The third kappa shape index (κ3) is 2.36. The predicted molar refractivity (Wildman–Crippen MR) is 59.2 cm³/mol. The average molecular weight is 242 g/mol. The van der Waals surface area contributed by atoms with Gasteiger partial charge in [-0.2, -0.15) is 0 Å². The van der Waals surface area contributed by atoms with Gasteiger partial charge in [-0.3, -0.25) is 9.69 Å². The topological polar surface area (TPSA) is 67.9 Å². The fourth-order valence-electron chi connectivity index (χ4n) is 2.52. The van der Waals surface area contributed by atoms with Crippen LogP contribution in [0.1, 0.15) is 26.7 Å². The molecule has 0 aromatic rings. The first-order chi connectivity index (χ1) is 8.03. The van der Waals surface area contributed by atoms with Gasteiger partial charge in [0.1, 0.15) is 0 Å². The lowest BCUT2D eigenvalue weighted by atomic mass is 10.0. The predicted octanol–water partition coefficient (Wildman–Crippen LogP) is 0.470. The van der Waals surface area contributed by atoms with Gasteiger partial charge in [-0.05, 0) is 32.9 Å². The highest BCUT2D eigenvalue weighted by atomic mass is 16.6. The van der Waals surface area contributed by atoms with Gasteiger partial charge in [0, 0.05) is 13.0 Å². The molecule has 1 amide bonds. The van der Waals surface area contributed by atoms with Crippen LogP contribution < -0.4 is 5.32 Å². The lowest BCUT2D eigenvalue weighted by Gasteiger charge is -2.38. The van der Waals surface area contributed by atoms with Crippen molar-refractivity contribution in [2.24, 2.45) is 0 Å². The van der Waals surface area contributed by atoms with E-state index in [1.807, 2.05) is 0 Å². The molecule has 0 spiro atoms. The van der Waals surface area contributed by atoms with E-state index in [0.29, 0.717) is 0 Å². The van der Waals surface area contributed by atoms with Crippen LogP contribution in [-0.4, -0.2) is 48.4 Å². The Hall–Kier alpha value is -1.30. The first kappa shape index (κ1) is 12.2. The fraction of sp³-hybridized carbons (Fsp3) is 0.818. The van der Waals surface area contributed by atoms with Crippen molar-refractivity contribution in [2.45, 2.75) is 38.5 Å². The first-order valence-corrected chi connectivity index (χ1v) is 5.89. The summed E-state index contributed by atoms with van der Waals surface area (Å²) in [6, 6.07) is 0.0793. The van der Waals surface area contributed by atoms with Crippen molar-refractivity contribution in [3.8, 4) is 0 Å². The minimum absolute atomic E-state index is 0.0793. The number of hydrogen-bond donors (Lipinski definition) is 1. The molecule has 6 nitrogen and oxygen atoms in total. The zero-order chi connectivity index (χ0) is 12.5. The number of piperidine rings is 1. The zero-order valence-electron chi connectivity index (χ0n) is 10.2. The highest BCUT2D eigenvalue weighted by Crippen LogP contribution is 2.30. The van der Waals surface area contributed by atoms with Gasteiger partial charge < -0.3 is 14.8 Å². The summed E-state index contributed by atoms with van der Waals surface area (Å²) in [5, 5.41) is 3.23. The van der Waals surface area contributed by atoms with Crippen molar-refractivity contribution in [3.05, 3.63) is 0 Å². The van der Waals surface area contributed by atoms with Crippen molar-refractivity contribution in [1.82, 2.24) is 10.2 Å². The molecular formula is C11H18N2O4. The molecule has 2 fully saturated rings. The second-order valence-corrected chi connectivity index (χ2v) is 4.67. The Bertz CT molecular complexity index is 327. The van der Waals surface area contributed by atoms with Crippen molar-refractivity contribution in [3.63, 3.8) is 0 Å². The van der Waals surface area contributed by atoms with Crippen LogP contribution in [0, 0.1) is 0 Å². The van der Waals surface area contributed by atoms with Crippen LogP contribution in [0.5, 0.6) is 0 Å². The molecular weight excluding hydrogens is 224 g/mol. The molecule has 0 aromatic carbocycles. The van der Waals surface area contributed by atoms with Crippen molar-refractivity contribution in [2.75, 3.05) is 19.7 Å². The first-order valence-electron chi connectivity index (χ1n) is 5.89. The molecule has 2 saturated heterocycles. The molecule has 0 saturated carbocycles.